The van der Waals surface area contributed by atoms with Crippen molar-refractivity contribution in [1.82, 2.24) is 10.2 Å². The zero-order valence-corrected chi connectivity index (χ0v) is 5.88. The molecule has 0 aromatic heterocycles. The number of rotatable bonds is 1. The number of hydrazine groups is 1. The minimum Gasteiger partial charge on any atom is -0.299 e. The summed E-state index contributed by atoms with van der Waals surface area (Å²) in [5.74, 6) is 0. The number of hydroxylamine groups is 1. The highest BCUT2D eigenvalue weighted by atomic mass is 16.5. The van der Waals surface area contributed by atoms with Crippen LogP contribution >= 0.6 is 0 Å². The first-order valence-corrected chi connectivity index (χ1v) is 3.48. The average molecular weight is 130 g/mol. The Labute approximate surface area is 55.8 Å². The quantitative estimate of drug-likeness (QED) is 0.529. The van der Waals surface area contributed by atoms with Gasteiger partial charge in [0.05, 0.1) is 0 Å². The van der Waals surface area contributed by atoms with E-state index in [1.54, 1.807) is 7.05 Å². The molecule has 0 saturated carbocycles. The summed E-state index contributed by atoms with van der Waals surface area (Å²) in [6.07, 6.45) is 3.74. The normalized spacial score (nSPS) is 23.0. The van der Waals surface area contributed by atoms with Crippen LogP contribution < -0.4 is 0 Å². The lowest BCUT2D eigenvalue weighted by Gasteiger charge is -2.29. The van der Waals surface area contributed by atoms with Crippen molar-refractivity contribution in [3.63, 3.8) is 0 Å². The van der Waals surface area contributed by atoms with Crippen LogP contribution in [0.1, 0.15) is 19.3 Å². The fourth-order valence-electron chi connectivity index (χ4n) is 1.17. The van der Waals surface area contributed by atoms with Crippen LogP contribution in [0.4, 0.5) is 0 Å². The van der Waals surface area contributed by atoms with Gasteiger partial charge in [0, 0.05) is 20.1 Å². The lowest BCUT2D eigenvalue weighted by atomic mass is 10.2. The van der Waals surface area contributed by atoms with Crippen LogP contribution in [0.2, 0.25) is 0 Å². The zero-order chi connectivity index (χ0) is 6.69. The third-order valence-corrected chi connectivity index (χ3v) is 1.74. The molecule has 1 heterocycles. The van der Waals surface area contributed by atoms with E-state index >= 15 is 0 Å². The Morgan fingerprint density at radius 3 is 2.11 bits per heavy atom. The van der Waals surface area contributed by atoms with Gasteiger partial charge in [0.1, 0.15) is 0 Å². The summed E-state index contributed by atoms with van der Waals surface area (Å²) in [4.78, 5) is 0. The highest BCUT2D eigenvalue weighted by Gasteiger charge is 2.11. The lowest BCUT2D eigenvalue weighted by Crippen LogP contribution is -2.40. The fraction of sp³-hybridized carbons (Fsp3) is 1.00. The van der Waals surface area contributed by atoms with Crippen molar-refractivity contribution in [2.45, 2.75) is 19.3 Å². The summed E-state index contributed by atoms with van der Waals surface area (Å²) in [6.45, 7) is 2.01. The summed E-state index contributed by atoms with van der Waals surface area (Å²) in [7, 11) is 1.67. The smallest absolute Gasteiger partial charge is 0.0288 e. The lowest BCUT2D eigenvalue weighted by molar-refractivity contribution is -0.231. The van der Waals surface area contributed by atoms with E-state index in [4.69, 9.17) is 5.21 Å². The van der Waals surface area contributed by atoms with Gasteiger partial charge in [0.25, 0.3) is 0 Å². The molecular formula is C6H14N2O. The molecule has 9 heavy (non-hydrogen) atoms. The minimum atomic E-state index is 1.01. The Morgan fingerprint density at radius 1 is 1.22 bits per heavy atom. The molecule has 0 amide bonds. The predicted molar refractivity (Wildman–Crippen MR) is 35.0 cm³/mol. The Bertz CT molecular complexity index is 79.1. The highest BCUT2D eigenvalue weighted by molar-refractivity contribution is 4.57. The third kappa shape index (κ3) is 1.93. The first kappa shape index (κ1) is 6.99. The highest BCUT2D eigenvalue weighted by Crippen LogP contribution is 2.08. The number of piperidine rings is 1. The maximum absolute atomic E-state index is 8.94. The SMILES string of the molecule is CN(O)N1CCCCC1. The Morgan fingerprint density at radius 2 is 1.78 bits per heavy atom. The molecule has 0 spiro atoms. The van der Waals surface area contributed by atoms with Gasteiger partial charge in [0.2, 0.25) is 0 Å². The second-order valence-corrected chi connectivity index (χ2v) is 2.50. The second kappa shape index (κ2) is 3.15. The van der Waals surface area contributed by atoms with E-state index in [9.17, 15) is 0 Å². The third-order valence-electron chi connectivity index (χ3n) is 1.74. The molecule has 3 heteroatoms. The van der Waals surface area contributed by atoms with E-state index < -0.39 is 0 Å². The van der Waals surface area contributed by atoms with Crippen molar-refractivity contribution in [2.24, 2.45) is 0 Å². The van der Waals surface area contributed by atoms with Crippen molar-refractivity contribution in [2.75, 3.05) is 20.1 Å². The second-order valence-electron chi connectivity index (χ2n) is 2.50. The molecule has 0 unspecified atom stereocenters. The first-order valence-electron chi connectivity index (χ1n) is 3.48. The summed E-state index contributed by atoms with van der Waals surface area (Å²) < 4.78 is 0. The minimum absolute atomic E-state index is 1.01. The van der Waals surface area contributed by atoms with Crippen molar-refractivity contribution in [3.05, 3.63) is 0 Å². The van der Waals surface area contributed by atoms with Crippen LogP contribution in [0.5, 0.6) is 0 Å². The molecule has 0 aromatic rings. The largest absolute Gasteiger partial charge is 0.299 e. The van der Waals surface area contributed by atoms with Gasteiger partial charge in [-0.15, -0.1) is 5.17 Å². The molecule has 0 radical (unpaired) electrons. The number of hydrogen-bond donors (Lipinski definition) is 1. The van der Waals surface area contributed by atoms with Gasteiger partial charge < -0.3 is 0 Å². The molecule has 0 bridgehead atoms. The molecule has 0 aromatic carbocycles. The standard InChI is InChI=1S/C6H14N2O/c1-7(9)8-5-3-2-4-6-8/h9H,2-6H2,1H3. The Hall–Kier alpha value is -0.120. The maximum Gasteiger partial charge on any atom is 0.0288 e. The van der Waals surface area contributed by atoms with E-state index in [1.165, 1.54) is 24.4 Å². The maximum atomic E-state index is 8.94. The van der Waals surface area contributed by atoms with Crippen LogP contribution in [-0.2, 0) is 0 Å². The van der Waals surface area contributed by atoms with E-state index in [-0.39, 0.29) is 0 Å². The van der Waals surface area contributed by atoms with Crippen molar-refractivity contribution < 1.29 is 5.21 Å². The molecule has 1 aliphatic rings. The Kier molecular flexibility index (Phi) is 2.45. The van der Waals surface area contributed by atoms with Gasteiger partial charge >= 0.3 is 0 Å². The van der Waals surface area contributed by atoms with Gasteiger partial charge in [-0.2, -0.15) is 0 Å². The molecule has 0 aliphatic carbocycles. The predicted octanol–water partition coefficient (Wildman–Crippen LogP) is 0.708. The summed E-state index contributed by atoms with van der Waals surface area (Å²) in [6, 6.07) is 0. The molecule has 0 atom stereocenters. The summed E-state index contributed by atoms with van der Waals surface area (Å²) in [5.41, 5.74) is 0. The average Bonchev–Trinajstić information content (AvgIpc) is 1.90. The number of nitrogens with zero attached hydrogens (tertiary/aromatic N) is 2. The van der Waals surface area contributed by atoms with Gasteiger partial charge in [-0.3, -0.25) is 5.21 Å². The van der Waals surface area contributed by atoms with E-state index in [2.05, 4.69) is 0 Å². The van der Waals surface area contributed by atoms with Crippen molar-refractivity contribution >= 4 is 0 Å². The molecule has 1 fully saturated rings. The van der Waals surface area contributed by atoms with Crippen LogP contribution in [0, 0.1) is 0 Å². The summed E-state index contributed by atoms with van der Waals surface area (Å²) >= 11 is 0. The molecule has 1 saturated heterocycles. The molecule has 1 rings (SSSR count). The molecule has 54 valence electrons. The van der Waals surface area contributed by atoms with Crippen molar-refractivity contribution in [3.8, 4) is 0 Å². The van der Waals surface area contributed by atoms with Gasteiger partial charge in [-0.1, -0.05) is 6.42 Å². The fourth-order valence-corrected chi connectivity index (χ4v) is 1.17. The van der Waals surface area contributed by atoms with Crippen LogP contribution in [0.25, 0.3) is 0 Å². The Balaban J connectivity index is 2.23. The van der Waals surface area contributed by atoms with Gasteiger partial charge in [0.15, 0.2) is 0 Å². The monoisotopic (exact) mass is 130 g/mol. The van der Waals surface area contributed by atoms with E-state index in [1.807, 2.05) is 5.01 Å². The first-order chi connectivity index (χ1) is 4.30. The van der Waals surface area contributed by atoms with E-state index in [0.29, 0.717) is 0 Å². The topological polar surface area (TPSA) is 26.7 Å². The van der Waals surface area contributed by atoms with Crippen LogP contribution in [-0.4, -0.2) is 35.5 Å². The van der Waals surface area contributed by atoms with Crippen molar-refractivity contribution in [1.29, 1.82) is 0 Å². The van der Waals surface area contributed by atoms with Crippen LogP contribution in [0.3, 0.4) is 0 Å². The zero-order valence-electron chi connectivity index (χ0n) is 5.88. The molecule has 1 N–H and O–H groups in total. The number of hydrogen-bond acceptors (Lipinski definition) is 3. The molecule has 1 aliphatic heterocycles. The molecular weight excluding hydrogens is 116 g/mol. The van der Waals surface area contributed by atoms with Crippen LogP contribution in [0.15, 0.2) is 0 Å². The van der Waals surface area contributed by atoms with E-state index in [0.717, 1.165) is 13.1 Å². The van der Waals surface area contributed by atoms with Gasteiger partial charge in [-0.05, 0) is 12.8 Å². The summed E-state index contributed by atoms with van der Waals surface area (Å²) in [5, 5.41) is 12.1. The van der Waals surface area contributed by atoms with Gasteiger partial charge in [-0.25, -0.2) is 5.01 Å². The molecule has 3 nitrogen and oxygen atoms in total.